The molecule has 0 saturated carbocycles. The van der Waals surface area contributed by atoms with Gasteiger partial charge >= 0.3 is 5.97 Å². The van der Waals surface area contributed by atoms with Gasteiger partial charge in [0.25, 0.3) is 0 Å². The number of nitrogen functional groups attached to an aromatic ring is 1. The lowest BCUT2D eigenvalue weighted by molar-refractivity contribution is 0.0487. The molecule has 1 aromatic carbocycles. The Morgan fingerprint density at radius 3 is 2.65 bits per heavy atom. The number of nitrogens with two attached hydrogens (primary N) is 1. The Labute approximate surface area is 101 Å². The van der Waals surface area contributed by atoms with Crippen LogP contribution in [-0.2, 0) is 4.74 Å². The molecule has 0 aliphatic heterocycles. The molecule has 0 amide bonds. The molecule has 2 N–H and O–H groups in total. The summed E-state index contributed by atoms with van der Waals surface area (Å²) in [5.41, 5.74) is 6.37. The summed E-state index contributed by atoms with van der Waals surface area (Å²) in [5.74, 6) is -0.556. The van der Waals surface area contributed by atoms with Crippen LogP contribution in [0.3, 0.4) is 0 Å². The van der Waals surface area contributed by atoms with Gasteiger partial charge in [0.2, 0.25) is 0 Å². The Morgan fingerprint density at radius 2 is 2.12 bits per heavy atom. The molecule has 1 rings (SSSR count). The second-order valence-corrected chi connectivity index (χ2v) is 4.49. The van der Waals surface area contributed by atoms with Crippen LogP contribution in [-0.4, -0.2) is 12.6 Å². The van der Waals surface area contributed by atoms with E-state index >= 15 is 0 Å². The van der Waals surface area contributed by atoms with E-state index in [1.54, 1.807) is 6.92 Å². The fourth-order valence-corrected chi connectivity index (χ4v) is 1.29. The van der Waals surface area contributed by atoms with E-state index in [1.807, 2.05) is 13.8 Å². The van der Waals surface area contributed by atoms with E-state index in [0.717, 1.165) is 12.5 Å². The molecule has 1 aromatic rings. The van der Waals surface area contributed by atoms with E-state index in [0.29, 0.717) is 18.1 Å². The predicted octanol–water partition coefficient (Wildman–Crippen LogP) is 2.92. The van der Waals surface area contributed by atoms with E-state index in [-0.39, 0.29) is 11.3 Å². The summed E-state index contributed by atoms with van der Waals surface area (Å²) in [7, 11) is 0. The summed E-state index contributed by atoms with van der Waals surface area (Å²) < 4.78 is 18.4. The highest BCUT2D eigenvalue weighted by Gasteiger charge is 2.12. The number of benzene rings is 1. The summed E-state index contributed by atoms with van der Waals surface area (Å²) in [6.45, 7) is 5.99. The molecule has 0 saturated heterocycles. The van der Waals surface area contributed by atoms with Crippen molar-refractivity contribution in [2.45, 2.75) is 27.2 Å². The molecule has 0 aromatic heterocycles. The van der Waals surface area contributed by atoms with Crippen LogP contribution in [0.5, 0.6) is 0 Å². The minimum atomic E-state index is -0.531. The Morgan fingerprint density at radius 1 is 1.47 bits per heavy atom. The maximum absolute atomic E-state index is 13.4. The van der Waals surface area contributed by atoms with Crippen molar-refractivity contribution in [3.63, 3.8) is 0 Å². The predicted molar refractivity (Wildman–Crippen MR) is 65.3 cm³/mol. The van der Waals surface area contributed by atoms with Crippen LogP contribution in [0.4, 0.5) is 10.1 Å². The van der Waals surface area contributed by atoms with Crippen molar-refractivity contribution in [2.75, 3.05) is 12.3 Å². The molecule has 0 spiro atoms. The monoisotopic (exact) mass is 239 g/mol. The highest BCUT2D eigenvalue weighted by atomic mass is 19.1. The Hall–Kier alpha value is -1.58. The lowest BCUT2D eigenvalue weighted by atomic mass is 10.1. The van der Waals surface area contributed by atoms with Gasteiger partial charge in [-0.3, -0.25) is 0 Å². The van der Waals surface area contributed by atoms with Gasteiger partial charge in [0, 0.05) is 11.3 Å². The molecule has 0 radical (unpaired) electrons. The molecule has 0 heterocycles. The van der Waals surface area contributed by atoms with Crippen molar-refractivity contribution in [2.24, 2.45) is 5.92 Å². The Kier molecular flexibility index (Phi) is 4.49. The highest BCUT2D eigenvalue weighted by Crippen LogP contribution is 2.18. The zero-order valence-electron chi connectivity index (χ0n) is 10.4. The van der Waals surface area contributed by atoms with Crippen LogP contribution in [0.2, 0.25) is 0 Å². The minimum absolute atomic E-state index is 0.161. The number of ether oxygens (including phenoxy) is 1. The number of hydrogen-bond acceptors (Lipinski definition) is 3. The molecule has 4 heteroatoms. The van der Waals surface area contributed by atoms with Gasteiger partial charge in [-0.05, 0) is 31.4 Å². The topological polar surface area (TPSA) is 52.3 Å². The third-order valence-electron chi connectivity index (χ3n) is 2.55. The molecule has 0 aliphatic rings. The van der Waals surface area contributed by atoms with Crippen LogP contribution in [0.1, 0.15) is 36.2 Å². The summed E-state index contributed by atoms with van der Waals surface area (Å²) in [6.07, 6.45) is 0.787. The zero-order chi connectivity index (χ0) is 13.0. The number of hydrogen-bond donors (Lipinski definition) is 1. The molecule has 0 bridgehead atoms. The molecule has 94 valence electrons. The summed E-state index contributed by atoms with van der Waals surface area (Å²) >= 11 is 0. The van der Waals surface area contributed by atoms with Gasteiger partial charge in [-0.1, -0.05) is 13.8 Å². The van der Waals surface area contributed by atoms with Crippen LogP contribution in [0, 0.1) is 18.7 Å². The zero-order valence-corrected chi connectivity index (χ0v) is 10.4. The van der Waals surface area contributed by atoms with E-state index < -0.39 is 11.8 Å². The molecule has 17 heavy (non-hydrogen) atoms. The molecular weight excluding hydrogens is 221 g/mol. The van der Waals surface area contributed by atoms with Gasteiger partial charge < -0.3 is 10.5 Å². The summed E-state index contributed by atoms with van der Waals surface area (Å²) in [4.78, 5) is 11.6. The molecule has 3 nitrogen and oxygen atoms in total. The number of carbonyl (C=O) groups is 1. The second kappa shape index (κ2) is 5.66. The Bertz CT molecular complexity index is 393. The van der Waals surface area contributed by atoms with E-state index in [1.165, 1.54) is 6.07 Å². The minimum Gasteiger partial charge on any atom is -0.462 e. The van der Waals surface area contributed by atoms with Crippen molar-refractivity contribution in [3.05, 3.63) is 29.1 Å². The smallest absolute Gasteiger partial charge is 0.338 e. The standard InChI is InChI=1S/C13H18FNO2/c1-8(2)4-5-17-13(16)10-6-11(14)9(3)12(15)7-10/h6-8H,4-5,15H2,1-3H3. The van der Waals surface area contributed by atoms with Gasteiger partial charge in [0.05, 0.1) is 12.2 Å². The fourth-order valence-electron chi connectivity index (χ4n) is 1.29. The van der Waals surface area contributed by atoms with Crippen LogP contribution in [0.15, 0.2) is 12.1 Å². The normalized spacial score (nSPS) is 10.6. The van der Waals surface area contributed by atoms with Crippen molar-refractivity contribution < 1.29 is 13.9 Å². The quantitative estimate of drug-likeness (QED) is 0.649. The third-order valence-corrected chi connectivity index (χ3v) is 2.55. The van der Waals surface area contributed by atoms with Crippen LogP contribution in [0.25, 0.3) is 0 Å². The highest BCUT2D eigenvalue weighted by molar-refractivity contribution is 5.90. The molecule has 0 aliphatic carbocycles. The molecule has 0 unspecified atom stereocenters. The van der Waals surface area contributed by atoms with Gasteiger partial charge in [-0.15, -0.1) is 0 Å². The summed E-state index contributed by atoms with van der Waals surface area (Å²) in [6, 6.07) is 2.60. The van der Waals surface area contributed by atoms with Crippen molar-refractivity contribution in [3.8, 4) is 0 Å². The maximum atomic E-state index is 13.4. The number of rotatable bonds is 4. The number of halogens is 1. The number of esters is 1. The van der Waals surface area contributed by atoms with Crippen molar-refractivity contribution >= 4 is 11.7 Å². The summed E-state index contributed by atoms with van der Waals surface area (Å²) in [5, 5.41) is 0. The first kappa shape index (κ1) is 13.5. The van der Waals surface area contributed by atoms with E-state index in [9.17, 15) is 9.18 Å². The average molecular weight is 239 g/mol. The largest absolute Gasteiger partial charge is 0.462 e. The lowest BCUT2D eigenvalue weighted by Gasteiger charge is -2.08. The second-order valence-electron chi connectivity index (χ2n) is 4.49. The van der Waals surface area contributed by atoms with Gasteiger partial charge in [-0.25, -0.2) is 9.18 Å². The van der Waals surface area contributed by atoms with Crippen molar-refractivity contribution in [1.82, 2.24) is 0 Å². The first-order valence-electron chi connectivity index (χ1n) is 5.64. The molecule has 0 fully saturated rings. The van der Waals surface area contributed by atoms with Gasteiger partial charge in [0.1, 0.15) is 5.82 Å². The first-order valence-corrected chi connectivity index (χ1v) is 5.64. The molecular formula is C13H18FNO2. The lowest BCUT2D eigenvalue weighted by Crippen LogP contribution is -2.09. The number of carbonyl (C=O) groups excluding carboxylic acids is 1. The maximum Gasteiger partial charge on any atom is 0.338 e. The first-order chi connectivity index (χ1) is 7.91. The number of anilines is 1. The van der Waals surface area contributed by atoms with E-state index in [4.69, 9.17) is 10.5 Å². The SMILES string of the molecule is Cc1c(N)cc(C(=O)OCCC(C)C)cc1F. The van der Waals surface area contributed by atoms with Gasteiger partial charge in [0.15, 0.2) is 0 Å². The van der Waals surface area contributed by atoms with Gasteiger partial charge in [-0.2, -0.15) is 0 Å². The van der Waals surface area contributed by atoms with Crippen LogP contribution >= 0.6 is 0 Å². The van der Waals surface area contributed by atoms with Crippen LogP contribution < -0.4 is 5.73 Å². The van der Waals surface area contributed by atoms with Crippen molar-refractivity contribution in [1.29, 1.82) is 0 Å². The third kappa shape index (κ3) is 3.73. The fraction of sp³-hybridized carbons (Fsp3) is 0.462. The molecule has 0 atom stereocenters. The Balaban J connectivity index is 2.70. The average Bonchev–Trinajstić information content (AvgIpc) is 2.24. The van der Waals surface area contributed by atoms with E-state index in [2.05, 4.69) is 0 Å².